The van der Waals surface area contributed by atoms with Crippen LogP contribution >= 0.6 is 0 Å². The van der Waals surface area contributed by atoms with E-state index >= 15 is 0 Å². The third-order valence-electron chi connectivity index (χ3n) is 7.22. The lowest BCUT2D eigenvalue weighted by atomic mass is 9.96. The second kappa shape index (κ2) is 12.6. The average Bonchev–Trinajstić information content (AvgIpc) is 2.99. The fraction of sp³-hybridized carbons (Fsp3) is 0.265. The summed E-state index contributed by atoms with van der Waals surface area (Å²) < 4.78 is 11.9. The van der Waals surface area contributed by atoms with Gasteiger partial charge in [-0.25, -0.2) is 0 Å². The average molecular weight is 521 g/mol. The van der Waals surface area contributed by atoms with Gasteiger partial charge in [0.15, 0.2) is 0 Å². The Morgan fingerprint density at radius 3 is 1.97 bits per heavy atom. The van der Waals surface area contributed by atoms with Gasteiger partial charge < -0.3 is 14.4 Å². The molecule has 1 aliphatic heterocycles. The molecule has 5 rings (SSSR count). The van der Waals surface area contributed by atoms with Gasteiger partial charge in [-0.3, -0.25) is 9.69 Å². The molecule has 1 fully saturated rings. The summed E-state index contributed by atoms with van der Waals surface area (Å²) in [5, 5.41) is 0. The zero-order valence-corrected chi connectivity index (χ0v) is 22.8. The molecule has 5 heteroatoms. The van der Waals surface area contributed by atoms with E-state index in [2.05, 4.69) is 72.5 Å². The number of ether oxygens (including phenoxy) is 2. The summed E-state index contributed by atoms with van der Waals surface area (Å²) >= 11 is 0. The van der Waals surface area contributed by atoms with Crippen LogP contribution in [0.2, 0.25) is 0 Å². The summed E-state index contributed by atoms with van der Waals surface area (Å²) in [5.74, 6) is 1.59. The third kappa shape index (κ3) is 6.50. The Morgan fingerprint density at radius 1 is 0.769 bits per heavy atom. The minimum absolute atomic E-state index is 0.0465. The van der Waals surface area contributed by atoms with Crippen LogP contribution < -0.4 is 9.47 Å². The summed E-state index contributed by atoms with van der Waals surface area (Å²) in [5.41, 5.74) is 5.26. The van der Waals surface area contributed by atoms with E-state index in [1.54, 1.807) is 0 Å². The highest BCUT2D eigenvalue weighted by molar-refractivity contribution is 5.94. The van der Waals surface area contributed by atoms with E-state index in [9.17, 15) is 4.79 Å². The minimum Gasteiger partial charge on any atom is -0.493 e. The van der Waals surface area contributed by atoms with Gasteiger partial charge in [0.05, 0.1) is 12.6 Å². The first kappa shape index (κ1) is 26.5. The molecule has 0 bridgehead atoms. The second-order valence-corrected chi connectivity index (χ2v) is 9.91. The monoisotopic (exact) mass is 520 g/mol. The predicted molar refractivity (Wildman–Crippen MR) is 155 cm³/mol. The van der Waals surface area contributed by atoms with Gasteiger partial charge in [0, 0.05) is 37.3 Å². The van der Waals surface area contributed by atoms with E-state index in [1.807, 2.05) is 54.3 Å². The highest BCUT2D eigenvalue weighted by atomic mass is 16.5. The Hall–Kier alpha value is -4.09. The lowest BCUT2D eigenvalue weighted by Gasteiger charge is -2.40. The Morgan fingerprint density at radius 2 is 1.38 bits per heavy atom. The first-order chi connectivity index (χ1) is 19.1. The van der Waals surface area contributed by atoms with Gasteiger partial charge >= 0.3 is 0 Å². The molecule has 200 valence electrons. The molecule has 0 spiro atoms. The van der Waals surface area contributed by atoms with Crippen LogP contribution in [-0.2, 0) is 6.61 Å². The molecule has 0 aliphatic carbocycles. The van der Waals surface area contributed by atoms with Crippen molar-refractivity contribution in [1.29, 1.82) is 0 Å². The van der Waals surface area contributed by atoms with Crippen molar-refractivity contribution < 1.29 is 14.3 Å². The minimum atomic E-state index is 0.0465. The lowest BCUT2D eigenvalue weighted by molar-refractivity contribution is 0.0597. The fourth-order valence-corrected chi connectivity index (χ4v) is 5.17. The maximum atomic E-state index is 13.6. The van der Waals surface area contributed by atoms with E-state index in [0.29, 0.717) is 31.9 Å². The number of hydrogen-bond acceptors (Lipinski definition) is 4. The van der Waals surface area contributed by atoms with Crippen LogP contribution in [0, 0.1) is 6.92 Å². The highest BCUT2D eigenvalue weighted by Crippen LogP contribution is 2.30. The molecule has 4 aromatic carbocycles. The number of carbonyl (C=O) groups is 1. The predicted octanol–water partition coefficient (Wildman–Crippen LogP) is 6.52. The van der Waals surface area contributed by atoms with Crippen molar-refractivity contribution in [2.45, 2.75) is 26.5 Å². The first-order valence-electron chi connectivity index (χ1n) is 13.7. The van der Waals surface area contributed by atoms with Crippen molar-refractivity contribution in [3.8, 4) is 11.5 Å². The molecule has 1 amide bonds. The Kier molecular flexibility index (Phi) is 8.59. The molecule has 39 heavy (non-hydrogen) atoms. The lowest BCUT2D eigenvalue weighted by Crippen LogP contribution is -2.49. The second-order valence-electron chi connectivity index (χ2n) is 9.91. The normalized spacial score (nSPS) is 13.9. The molecular weight excluding hydrogens is 484 g/mol. The molecule has 1 aliphatic rings. The van der Waals surface area contributed by atoms with Gasteiger partial charge in [0.1, 0.15) is 18.1 Å². The molecule has 1 heterocycles. The number of carbonyl (C=O) groups excluding carboxylic acids is 1. The van der Waals surface area contributed by atoms with Crippen LogP contribution in [0.4, 0.5) is 0 Å². The van der Waals surface area contributed by atoms with E-state index < -0.39 is 0 Å². The number of amides is 1. The number of benzene rings is 4. The van der Waals surface area contributed by atoms with Gasteiger partial charge in [0.25, 0.3) is 5.91 Å². The Labute approximate surface area is 231 Å². The van der Waals surface area contributed by atoms with Crippen molar-refractivity contribution in [1.82, 2.24) is 9.80 Å². The molecular formula is C34H36N2O3. The largest absolute Gasteiger partial charge is 0.493 e. The zero-order chi connectivity index (χ0) is 27.0. The number of rotatable bonds is 9. The molecule has 0 atom stereocenters. The first-order valence-corrected chi connectivity index (χ1v) is 13.7. The topological polar surface area (TPSA) is 42.0 Å². The Bertz CT molecular complexity index is 1310. The van der Waals surface area contributed by atoms with E-state index in [4.69, 9.17) is 9.47 Å². The summed E-state index contributed by atoms with van der Waals surface area (Å²) in [4.78, 5) is 18.0. The standard InChI is InChI=1S/C34H36N2O3/c1-3-38-32-19-16-29(24-30(32)25-39-31-17-14-26(2)15-18-31)34(37)36-22-20-35(21-23-36)33(27-10-6-4-7-11-27)28-12-8-5-9-13-28/h4-19,24,33H,3,20-23,25H2,1-2H3. The zero-order valence-electron chi connectivity index (χ0n) is 22.8. The molecule has 1 saturated heterocycles. The van der Waals surface area contributed by atoms with E-state index in [1.165, 1.54) is 16.7 Å². The van der Waals surface area contributed by atoms with Crippen LogP contribution in [0.25, 0.3) is 0 Å². The van der Waals surface area contributed by atoms with Crippen molar-refractivity contribution >= 4 is 5.91 Å². The fourth-order valence-electron chi connectivity index (χ4n) is 5.17. The smallest absolute Gasteiger partial charge is 0.253 e. The van der Waals surface area contributed by atoms with Gasteiger partial charge in [-0.05, 0) is 55.3 Å². The maximum absolute atomic E-state index is 13.6. The van der Waals surface area contributed by atoms with Gasteiger partial charge in [-0.2, -0.15) is 0 Å². The summed E-state index contributed by atoms with van der Waals surface area (Å²) in [6.45, 7) is 7.87. The van der Waals surface area contributed by atoms with E-state index in [-0.39, 0.29) is 11.9 Å². The van der Waals surface area contributed by atoms with Crippen molar-refractivity contribution in [2.75, 3.05) is 32.8 Å². The molecule has 5 nitrogen and oxygen atoms in total. The van der Waals surface area contributed by atoms with Crippen LogP contribution in [0.3, 0.4) is 0 Å². The number of nitrogens with zero attached hydrogens (tertiary/aromatic N) is 2. The quantitative estimate of drug-likeness (QED) is 0.252. The van der Waals surface area contributed by atoms with Crippen LogP contribution in [0.15, 0.2) is 103 Å². The Balaban J connectivity index is 1.28. The molecule has 0 saturated carbocycles. The van der Waals surface area contributed by atoms with Gasteiger partial charge in [-0.15, -0.1) is 0 Å². The molecule has 0 N–H and O–H groups in total. The van der Waals surface area contributed by atoms with Crippen molar-refractivity contribution in [3.05, 3.63) is 131 Å². The number of piperazine rings is 1. The van der Waals surface area contributed by atoms with Gasteiger partial charge in [0.2, 0.25) is 0 Å². The highest BCUT2D eigenvalue weighted by Gasteiger charge is 2.28. The van der Waals surface area contributed by atoms with Crippen molar-refractivity contribution in [2.24, 2.45) is 0 Å². The molecule has 0 aromatic heterocycles. The van der Waals surface area contributed by atoms with Crippen LogP contribution in [0.1, 0.15) is 45.6 Å². The van der Waals surface area contributed by atoms with Gasteiger partial charge in [-0.1, -0.05) is 78.4 Å². The maximum Gasteiger partial charge on any atom is 0.253 e. The third-order valence-corrected chi connectivity index (χ3v) is 7.22. The SMILES string of the molecule is CCOc1ccc(C(=O)N2CCN(C(c3ccccc3)c3ccccc3)CC2)cc1COc1ccc(C)cc1. The summed E-state index contributed by atoms with van der Waals surface area (Å²) in [6, 6.07) is 35.1. The van der Waals surface area contributed by atoms with Crippen LogP contribution in [0.5, 0.6) is 11.5 Å². The molecule has 0 unspecified atom stereocenters. The van der Waals surface area contributed by atoms with Crippen LogP contribution in [-0.4, -0.2) is 48.5 Å². The summed E-state index contributed by atoms with van der Waals surface area (Å²) in [6.07, 6.45) is 0. The number of hydrogen-bond donors (Lipinski definition) is 0. The van der Waals surface area contributed by atoms with Crippen molar-refractivity contribution in [3.63, 3.8) is 0 Å². The summed E-state index contributed by atoms with van der Waals surface area (Å²) in [7, 11) is 0. The molecule has 0 radical (unpaired) electrons. The number of aryl methyl sites for hydroxylation is 1. The molecule has 4 aromatic rings. The van der Waals surface area contributed by atoms with E-state index in [0.717, 1.165) is 30.2 Å².